The Bertz CT molecular complexity index is 659. The number of aryl methyl sites for hydroxylation is 1. The predicted molar refractivity (Wildman–Crippen MR) is 104 cm³/mol. The third-order valence-corrected chi connectivity index (χ3v) is 5.62. The summed E-state index contributed by atoms with van der Waals surface area (Å²) in [5, 5.41) is 8.99. The predicted octanol–water partition coefficient (Wildman–Crippen LogP) is 3.54. The van der Waals surface area contributed by atoms with Gasteiger partial charge < -0.3 is 15.1 Å². The molecule has 1 saturated heterocycles. The molecule has 0 aliphatic carbocycles. The van der Waals surface area contributed by atoms with Crippen molar-refractivity contribution in [3.05, 3.63) is 46.0 Å². The fourth-order valence-electron chi connectivity index (χ4n) is 3.20. The van der Waals surface area contributed by atoms with Gasteiger partial charge in [-0.2, -0.15) is 0 Å². The van der Waals surface area contributed by atoms with E-state index < -0.39 is 0 Å². The van der Waals surface area contributed by atoms with E-state index in [9.17, 15) is 0 Å². The maximum absolute atomic E-state index is 5.69. The van der Waals surface area contributed by atoms with Crippen LogP contribution in [0.3, 0.4) is 0 Å². The van der Waals surface area contributed by atoms with Gasteiger partial charge >= 0.3 is 0 Å². The Balaban J connectivity index is 1.64. The second-order valence-electron chi connectivity index (χ2n) is 6.38. The lowest BCUT2D eigenvalue weighted by Gasteiger charge is -2.26. The van der Waals surface area contributed by atoms with Gasteiger partial charge in [-0.1, -0.05) is 0 Å². The van der Waals surface area contributed by atoms with Crippen LogP contribution < -0.4 is 10.6 Å². The van der Waals surface area contributed by atoms with Gasteiger partial charge in [0.15, 0.2) is 5.96 Å². The Morgan fingerprint density at radius 3 is 2.80 bits per heavy atom. The lowest BCUT2D eigenvalue weighted by atomic mass is 10.2. The van der Waals surface area contributed by atoms with Gasteiger partial charge in [-0.25, -0.2) is 4.99 Å². The summed E-state index contributed by atoms with van der Waals surface area (Å²) >= 11 is 1.77. The summed E-state index contributed by atoms with van der Waals surface area (Å²) < 4.78 is 5.69. The molecule has 5 nitrogen and oxygen atoms in total. The number of hydrogen-bond acceptors (Lipinski definition) is 4. The fraction of sp³-hybridized carbons (Fsp3) is 0.526. The van der Waals surface area contributed by atoms with Crippen LogP contribution in [0, 0.1) is 6.92 Å². The zero-order chi connectivity index (χ0) is 17.5. The van der Waals surface area contributed by atoms with E-state index in [0.29, 0.717) is 6.54 Å². The van der Waals surface area contributed by atoms with Crippen molar-refractivity contribution in [1.82, 2.24) is 15.5 Å². The molecular weight excluding hydrogens is 332 g/mol. The van der Waals surface area contributed by atoms with Gasteiger partial charge in [0, 0.05) is 18.0 Å². The maximum Gasteiger partial charge on any atom is 0.191 e. The molecule has 0 radical (unpaired) electrons. The van der Waals surface area contributed by atoms with Crippen LogP contribution in [-0.2, 0) is 6.54 Å². The third kappa shape index (κ3) is 4.86. The topological polar surface area (TPSA) is 52.8 Å². The Labute approximate surface area is 154 Å². The molecule has 6 heteroatoms. The molecule has 0 saturated carbocycles. The molecular formula is C19H28N4OS. The first-order chi connectivity index (χ1) is 12.3. The molecule has 0 aromatic carbocycles. The van der Waals surface area contributed by atoms with Gasteiger partial charge in [-0.05, 0) is 68.9 Å². The summed E-state index contributed by atoms with van der Waals surface area (Å²) in [5.41, 5.74) is 1.31. The van der Waals surface area contributed by atoms with Crippen LogP contribution in [0.1, 0.15) is 42.0 Å². The van der Waals surface area contributed by atoms with Crippen LogP contribution in [0.4, 0.5) is 0 Å². The molecule has 1 aliphatic heterocycles. The van der Waals surface area contributed by atoms with Gasteiger partial charge in [0.2, 0.25) is 0 Å². The third-order valence-electron chi connectivity index (χ3n) is 4.61. The van der Waals surface area contributed by atoms with Crippen molar-refractivity contribution >= 4 is 17.3 Å². The molecule has 2 aromatic heterocycles. The van der Waals surface area contributed by atoms with Gasteiger partial charge in [0.1, 0.15) is 5.76 Å². The summed E-state index contributed by atoms with van der Waals surface area (Å²) in [6, 6.07) is 6.45. The number of rotatable bonds is 7. The van der Waals surface area contributed by atoms with E-state index in [4.69, 9.17) is 9.41 Å². The van der Waals surface area contributed by atoms with Crippen molar-refractivity contribution in [3.8, 4) is 0 Å². The standard InChI is InChI=1S/C19H28N4OS/c1-3-20-19(22-14-18-15(2)8-12-25-18)21-13-16(17-7-6-11-24-17)23-9-4-5-10-23/h6-8,11-12,16H,3-5,9-10,13-14H2,1-2H3,(H2,20,21,22). The first-order valence-corrected chi connectivity index (χ1v) is 9.98. The largest absolute Gasteiger partial charge is 0.468 e. The quantitative estimate of drug-likeness (QED) is 0.586. The van der Waals surface area contributed by atoms with Crippen molar-refractivity contribution < 1.29 is 4.42 Å². The molecule has 3 heterocycles. The molecule has 136 valence electrons. The summed E-state index contributed by atoms with van der Waals surface area (Å²) in [6.07, 6.45) is 4.29. The van der Waals surface area contributed by atoms with Crippen molar-refractivity contribution in [2.75, 3.05) is 26.2 Å². The summed E-state index contributed by atoms with van der Waals surface area (Å²) in [5.74, 6) is 1.89. The van der Waals surface area contributed by atoms with E-state index in [2.05, 4.69) is 46.9 Å². The Hall–Kier alpha value is -1.79. The van der Waals surface area contributed by atoms with Crippen molar-refractivity contribution in [1.29, 1.82) is 0 Å². The van der Waals surface area contributed by atoms with Gasteiger partial charge in [0.25, 0.3) is 0 Å². The Morgan fingerprint density at radius 1 is 1.32 bits per heavy atom. The number of hydrogen-bond donors (Lipinski definition) is 2. The minimum absolute atomic E-state index is 0.254. The number of aliphatic imine (C=N–C) groups is 1. The van der Waals surface area contributed by atoms with Crippen LogP contribution in [0.15, 0.2) is 39.3 Å². The normalized spacial score (nSPS) is 17.0. The average molecular weight is 361 g/mol. The minimum atomic E-state index is 0.254. The van der Waals surface area contributed by atoms with E-state index in [-0.39, 0.29) is 6.04 Å². The lowest BCUT2D eigenvalue weighted by Crippen LogP contribution is -2.42. The SMILES string of the molecule is CCNC(=NCc1sccc1C)NCC(c1ccco1)N1CCCC1. The van der Waals surface area contributed by atoms with Crippen LogP contribution in [0.2, 0.25) is 0 Å². The summed E-state index contributed by atoms with van der Waals surface area (Å²) in [7, 11) is 0. The molecule has 2 N–H and O–H groups in total. The van der Waals surface area contributed by atoms with Crippen molar-refractivity contribution in [2.24, 2.45) is 4.99 Å². The summed E-state index contributed by atoms with van der Waals surface area (Å²) in [6.45, 7) is 8.87. The number of nitrogens with one attached hydrogen (secondary N) is 2. The average Bonchev–Trinajstić information content (AvgIpc) is 3.36. The Kier molecular flexibility index (Phi) is 6.53. The number of likely N-dealkylation sites (tertiary alicyclic amines) is 1. The summed E-state index contributed by atoms with van der Waals surface area (Å²) in [4.78, 5) is 8.57. The molecule has 1 unspecified atom stereocenters. The monoisotopic (exact) mass is 360 g/mol. The molecule has 0 amide bonds. The highest BCUT2D eigenvalue weighted by Crippen LogP contribution is 2.24. The molecule has 1 fully saturated rings. The molecule has 25 heavy (non-hydrogen) atoms. The Morgan fingerprint density at radius 2 is 2.16 bits per heavy atom. The molecule has 1 aliphatic rings. The van der Waals surface area contributed by atoms with Crippen molar-refractivity contribution in [3.63, 3.8) is 0 Å². The van der Waals surface area contributed by atoms with Gasteiger partial charge in [-0.3, -0.25) is 4.90 Å². The van der Waals surface area contributed by atoms with Crippen molar-refractivity contribution in [2.45, 2.75) is 39.3 Å². The minimum Gasteiger partial charge on any atom is -0.468 e. The van der Waals surface area contributed by atoms with E-state index in [1.807, 2.05) is 6.07 Å². The van der Waals surface area contributed by atoms with E-state index in [1.54, 1.807) is 17.6 Å². The van der Waals surface area contributed by atoms with E-state index in [0.717, 1.165) is 37.9 Å². The molecule has 3 rings (SSSR count). The first kappa shape index (κ1) is 18.0. The smallest absolute Gasteiger partial charge is 0.191 e. The maximum atomic E-state index is 5.69. The zero-order valence-corrected chi connectivity index (χ0v) is 15.9. The molecule has 2 aromatic rings. The zero-order valence-electron chi connectivity index (χ0n) is 15.1. The highest BCUT2D eigenvalue weighted by atomic mass is 32.1. The number of furan rings is 1. The van der Waals surface area contributed by atoms with Gasteiger partial charge in [0.05, 0.1) is 18.8 Å². The number of guanidine groups is 1. The highest BCUT2D eigenvalue weighted by Gasteiger charge is 2.25. The van der Waals surface area contributed by atoms with Crippen LogP contribution in [0.25, 0.3) is 0 Å². The molecule has 0 bridgehead atoms. The van der Waals surface area contributed by atoms with Crippen LogP contribution in [0.5, 0.6) is 0 Å². The van der Waals surface area contributed by atoms with E-state index in [1.165, 1.54) is 23.3 Å². The fourth-order valence-corrected chi connectivity index (χ4v) is 4.03. The number of nitrogens with zero attached hydrogens (tertiary/aromatic N) is 2. The van der Waals surface area contributed by atoms with E-state index >= 15 is 0 Å². The second kappa shape index (κ2) is 9.06. The lowest BCUT2D eigenvalue weighted by molar-refractivity contribution is 0.215. The first-order valence-electron chi connectivity index (χ1n) is 9.10. The van der Waals surface area contributed by atoms with Crippen LogP contribution in [-0.4, -0.2) is 37.0 Å². The second-order valence-corrected chi connectivity index (χ2v) is 7.38. The molecule has 0 spiro atoms. The highest BCUT2D eigenvalue weighted by molar-refractivity contribution is 7.10. The number of thiophene rings is 1. The van der Waals surface area contributed by atoms with Crippen LogP contribution >= 0.6 is 11.3 Å². The van der Waals surface area contributed by atoms with Gasteiger partial charge in [-0.15, -0.1) is 11.3 Å². The molecule has 1 atom stereocenters.